The van der Waals surface area contributed by atoms with Crippen LogP contribution in [0.25, 0.3) is 10.9 Å². The van der Waals surface area contributed by atoms with E-state index in [1.54, 1.807) is 16.8 Å². The summed E-state index contributed by atoms with van der Waals surface area (Å²) in [6.07, 6.45) is 7.31. The fourth-order valence-corrected chi connectivity index (χ4v) is 10.2. The maximum Gasteiger partial charge on any atom is 0.329 e. The van der Waals surface area contributed by atoms with Gasteiger partial charge in [-0.1, -0.05) is 17.7 Å². The Kier molecular flexibility index (Phi) is 10.8. The van der Waals surface area contributed by atoms with Crippen molar-refractivity contribution in [3.8, 4) is 6.07 Å². The number of hydrogen-bond acceptors (Lipinski definition) is 12. The molecule has 4 aliphatic heterocycles. The summed E-state index contributed by atoms with van der Waals surface area (Å²) in [5.41, 5.74) is 2.22. The number of carbonyl (C=O) groups excluding carboxylic acids is 2. The van der Waals surface area contributed by atoms with Crippen molar-refractivity contribution >= 4 is 61.9 Å². The zero-order chi connectivity index (χ0) is 39.9. The molecule has 300 valence electrons. The number of imide groups is 1. The van der Waals surface area contributed by atoms with Crippen LogP contribution in [0.1, 0.15) is 62.0 Å². The van der Waals surface area contributed by atoms with E-state index in [0.29, 0.717) is 98.9 Å². The molecule has 4 aliphatic rings. The van der Waals surface area contributed by atoms with Gasteiger partial charge in [0.2, 0.25) is 21.9 Å². The SMILES string of the molecule is Cn1nc(N2CCC(=O)NC2=O)c2ccc(C3CCN(CC4(O)CCN(c5cc(S(=O)(=O)N6CCC(Nc7ncc(Cl)cn7)CC6)ccc5C#N)CC4)CC3)cc21. The average Bonchev–Trinajstić information content (AvgIpc) is 3.54. The summed E-state index contributed by atoms with van der Waals surface area (Å²) in [7, 11) is -1.94. The number of fused-ring (bicyclic) bond motifs is 1. The summed E-state index contributed by atoms with van der Waals surface area (Å²) in [6.45, 7) is 4.19. The topological polar surface area (TPSA) is 193 Å². The summed E-state index contributed by atoms with van der Waals surface area (Å²) in [4.78, 5) is 38.6. The van der Waals surface area contributed by atoms with E-state index >= 15 is 0 Å². The number of likely N-dealkylation sites (tertiary alicyclic amines) is 1. The standard InChI is InChI=1S/C39H46ClN11O5S/c1-47-34-20-27(3-5-32(34)36(46-47)51-17-10-35(52)45-38(51)53)26-6-13-48(14-7-26)25-39(54)11-18-49(19-12-39)33-21-31(4-2-28(33)22-41)57(55,56)50-15-8-30(9-16-50)44-37-42-23-29(40)24-43-37/h2-5,20-21,23-24,26,30,54H,6-19,25H2,1H3,(H,42,43,44)(H,45,52,53). The number of nitrogens with zero attached hydrogens (tertiary/aromatic N) is 9. The van der Waals surface area contributed by atoms with Crippen LogP contribution in [-0.4, -0.2) is 118 Å². The van der Waals surface area contributed by atoms with Gasteiger partial charge in [-0.05, 0) is 93.4 Å². The van der Waals surface area contributed by atoms with E-state index in [-0.39, 0.29) is 23.3 Å². The normalized spacial score (nSPS) is 20.5. The lowest BCUT2D eigenvalue weighted by Crippen LogP contribution is -2.52. The smallest absolute Gasteiger partial charge is 0.329 e. The molecule has 0 saturated carbocycles. The van der Waals surface area contributed by atoms with E-state index in [0.717, 1.165) is 36.8 Å². The number of urea groups is 1. The van der Waals surface area contributed by atoms with E-state index in [1.807, 2.05) is 18.0 Å². The first kappa shape index (κ1) is 39.0. The van der Waals surface area contributed by atoms with Gasteiger partial charge in [-0.25, -0.2) is 23.2 Å². The highest BCUT2D eigenvalue weighted by Crippen LogP contribution is 2.36. The maximum atomic E-state index is 13.8. The number of aryl methyl sites for hydroxylation is 1. The van der Waals surface area contributed by atoms with Crippen molar-refractivity contribution < 1.29 is 23.1 Å². The van der Waals surface area contributed by atoms with Crippen LogP contribution in [0.2, 0.25) is 5.02 Å². The summed E-state index contributed by atoms with van der Waals surface area (Å²) in [5.74, 6) is 1.07. The van der Waals surface area contributed by atoms with Crippen molar-refractivity contribution in [1.29, 1.82) is 5.26 Å². The van der Waals surface area contributed by atoms with Gasteiger partial charge in [0, 0.05) is 64.2 Å². The first-order chi connectivity index (χ1) is 27.4. The molecule has 6 heterocycles. The first-order valence-corrected chi connectivity index (χ1v) is 21.3. The highest BCUT2D eigenvalue weighted by atomic mass is 35.5. The minimum absolute atomic E-state index is 0.0253. The maximum absolute atomic E-state index is 13.8. The molecule has 3 amide bonds. The average molecular weight is 816 g/mol. The van der Waals surface area contributed by atoms with Gasteiger partial charge in [0.25, 0.3) is 0 Å². The highest BCUT2D eigenvalue weighted by molar-refractivity contribution is 7.89. The third-order valence-electron chi connectivity index (χ3n) is 11.9. The van der Waals surface area contributed by atoms with Crippen molar-refractivity contribution in [2.45, 2.75) is 67.4 Å². The fourth-order valence-electron chi connectivity index (χ4n) is 8.62. The molecule has 18 heteroatoms. The Balaban J connectivity index is 0.854. The van der Waals surface area contributed by atoms with Crippen LogP contribution in [0.5, 0.6) is 0 Å². The second kappa shape index (κ2) is 15.8. The van der Waals surface area contributed by atoms with Gasteiger partial charge in [0.15, 0.2) is 5.82 Å². The number of benzene rings is 2. The van der Waals surface area contributed by atoms with Gasteiger partial charge >= 0.3 is 6.03 Å². The quantitative estimate of drug-likeness (QED) is 0.222. The number of piperidine rings is 3. The van der Waals surface area contributed by atoms with E-state index in [1.165, 1.54) is 33.2 Å². The first-order valence-electron chi connectivity index (χ1n) is 19.5. The van der Waals surface area contributed by atoms with Gasteiger partial charge in [0.1, 0.15) is 6.07 Å². The number of sulfonamides is 1. The van der Waals surface area contributed by atoms with E-state index in [2.05, 4.69) is 48.8 Å². The number of nitriles is 1. The summed E-state index contributed by atoms with van der Waals surface area (Å²) in [5, 5.41) is 33.3. The molecule has 0 bridgehead atoms. The Morgan fingerprint density at radius 2 is 1.70 bits per heavy atom. The van der Waals surface area contributed by atoms with Crippen molar-refractivity contribution in [3.05, 3.63) is 64.9 Å². The van der Waals surface area contributed by atoms with E-state index in [9.17, 15) is 28.4 Å². The number of nitrogens with one attached hydrogen (secondary N) is 2. The summed E-state index contributed by atoms with van der Waals surface area (Å²) < 4.78 is 30.9. The van der Waals surface area contributed by atoms with Gasteiger partial charge in [-0.2, -0.15) is 14.7 Å². The Labute approximate surface area is 336 Å². The van der Waals surface area contributed by atoms with Crippen molar-refractivity contribution in [2.24, 2.45) is 7.05 Å². The number of amides is 3. The second-order valence-electron chi connectivity index (χ2n) is 15.6. The molecule has 57 heavy (non-hydrogen) atoms. The van der Waals surface area contributed by atoms with Crippen LogP contribution in [0, 0.1) is 11.3 Å². The number of anilines is 3. The molecule has 0 spiro atoms. The molecule has 4 saturated heterocycles. The number of aromatic nitrogens is 4. The molecule has 2 aromatic carbocycles. The van der Waals surface area contributed by atoms with Crippen molar-refractivity contribution in [3.63, 3.8) is 0 Å². The predicted molar refractivity (Wildman–Crippen MR) is 215 cm³/mol. The van der Waals surface area contributed by atoms with Crippen LogP contribution < -0.4 is 20.4 Å². The number of hydrogen-bond donors (Lipinski definition) is 3. The molecule has 2 aromatic heterocycles. The summed E-state index contributed by atoms with van der Waals surface area (Å²) in [6, 6.07) is 12.8. The van der Waals surface area contributed by atoms with Gasteiger partial charge < -0.3 is 20.2 Å². The minimum Gasteiger partial charge on any atom is -0.388 e. The zero-order valence-corrected chi connectivity index (χ0v) is 33.3. The molecular formula is C39H46ClN11O5S. The van der Waals surface area contributed by atoms with Gasteiger partial charge in [-0.3, -0.25) is 19.7 Å². The molecular weight excluding hydrogens is 770 g/mol. The highest BCUT2D eigenvalue weighted by Gasteiger charge is 2.37. The predicted octanol–water partition coefficient (Wildman–Crippen LogP) is 3.81. The third kappa shape index (κ3) is 8.14. The molecule has 4 aromatic rings. The molecule has 0 aliphatic carbocycles. The molecule has 0 atom stereocenters. The van der Waals surface area contributed by atoms with Crippen LogP contribution in [0.15, 0.2) is 53.7 Å². The fraction of sp³-hybridized carbons (Fsp3) is 0.487. The lowest BCUT2D eigenvalue weighted by atomic mass is 9.86. The zero-order valence-electron chi connectivity index (χ0n) is 31.8. The van der Waals surface area contributed by atoms with Crippen molar-refractivity contribution in [2.75, 3.05) is 67.5 Å². The molecule has 3 N–H and O–H groups in total. The van der Waals surface area contributed by atoms with Crippen LogP contribution in [-0.2, 0) is 21.9 Å². The molecule has 16 nitrogen and oxygen atoms in total. The van der Waals surface area contributed by atoms with Crippen LogP contribution in [0.4, 0.5) is 22.2 Å². The van der Waals surface area contributed by atoms with Crippen molar-refractivity contribution in [1.82, 2.24) is 34.3 Å². The number of halogens is 1. The Morgan fingerprint density at radius 3 is 2.39 bits per heavy atom. The van der Waals surface area contributed by atoms with E-state index in [4.69, 9.17) is 11.6 Å². The number of β-amino-alcohol motifs (C(OH)–C–C–N with tert-alkyl or cyclic N) is 1. The number of aliphatic hydroxyl groups is 1. The van der Waals surface area contributed by atoms with Gasteiger partial charge in [0.05, 0.1) is 44.7 Å². The van der Waals surface area contributed by atoms with Crippen LogP contribution >= 0.6 is 11.6 Å². The Hall–Kier alpha value is -4.86. The monoisotopic (exact) mass is 815 g/mol. The number of carbonyl (C=O) groups is 2. The van der Waals surface area contributed by atoms with Crippen LogP contribution in [0.3, 0.4) is 0 Å². The second-order valence-corrected chi connectivity index (χ2v) is 18.0. The third-order valence-corrected chi connectivity index (χ3v) is 14.0. The molecule has 0 unspecified atom stereocenters. The minimum atomic E-state index is -3.80. The van der Waals surface area contributed by atoms with Gasteiger partial charge in [-0.15, -0.1) is 0 Å². The lowest BCUT2D eigenvalue weighted by Gasteiger charge is -2.43. The van der Waals surface area contributed by atoms with E-state index < -0.39 is 21.7 Å². The largest absolute Gasteiger partial charge is 0.388 e. The molecule has 8 rings (SSSR count). The molecule has 0 radical (unpaired) electrons. The molecule has 4 fully saturated rings. The summed E-state index contributed by atoms with van der Waals surface area (Å²) >= 11 is 5.89. The number of rotatable bonds is 9. The Bertz CT molecular complexity index is 2310. The lowest BCUT2D eigenvalue weighted by molar-refractivity contribution is -0.120. The Morgan fingerprint density at radius 1 is 0.982 bits per heavy atom.